The molecule has 0 fully saturated rings. The van der Waals surface area contributed by atoms with E-state index in [0.29, 0.717) is 17.7 Å². The third kappa shape index (κ3) is 9.85. The number of methoxy groups -OCH3 is 1. The first-order valence-electron chi connectivity index (χ1n) is 9.30. The fourth-order valence-corrected chi connectivity index (χ4v) is 3.05. The molecule has 0 aromatic heterocycles. The van der Waals surface area contributed by atoms with Gasteiger partial charge in [-0.25, -0.2) is 4.79 Å². The first-order chi connectivity index (χ1) is 13.7. The summed E-state index contributed by atoms with van der Waals surface area (Å²) in [4.78, 5) is 24.1. The van der Waals surface area contributed by atoms with Crippen molar-refractivity contribution < 1.29 is 14.3 Å². The largest absolute Gasteiger partial charge is 0.465 e. The van der Waals surface area contributed by atoms with E-state index >= 15 is 0 Å². The number of hydrogen-bond donors (Lipinski definition) is 3. The van der Waals surface area contributed by atoms with E-state index in [-0.39, 0.29) is 11.0 Å². The van der Waals surface area contributed by atoms with Crippen LogP contribution in [0.25, 0.3) is 0 Å². The van der Waals surface area contributed by atoms with Crippen LogP contribution < -0.4 is 16.0 Å². The zero-order chi connectivity index (χ0) is 21.9. The number of thiocarbonyl (C=S) groups is 1. The lowest BCUT2D eigenvalue weighted by Crippen LogP contribution is -2.56. The number of halogens is 3. The van der Waals surface area contributed by atoms with Crippen LogP contribution in [0.5, 0.6) is 0 Å². The quantitative estimate of drug-likeness (QED) is 0.144. The summed E-state index contributed by atoms with van der Waals surface area (Å²) < 4.78 is 2.90. The Balaban J connectivity index is 2.69. The molecule has 3 N–H and O–H groups in total. The van der Waals surface area contributed by atoms with Crippen LogP contribution >= 0.6 is 47.0 Å². The molecule has 6 nitrogen and oxygen atoms in total. The van der Waals surface area contributed by atoms with Crippen LogP contribution in [0.15, 0.2) is 24.3 Å². The van der Waals surface area contributed by atoms with Crippen molar-refractivity contribution in [2.45, 2.75) is 55.4 Å². The summed E-state index contributed by atoms with van der Waals surface area (Å²) in [5.41, 5.74) is 0.711. The van der Waals surface area contributed by atoms with Gasteiger partial charge >= 0.3 is 5.97 Å². The van der Waals surface area contributed by atoms with E-state index in [9.17, 15) is 9.59 Å². The van der Waals surface area contributed by atoms with Crippen molar-refractivity contribution >= 4 is 69.7 Å². The van der Waals surface area contributed by atoms with E-state index in [2.05, 4.69) is 22.9 Å². The molecular formula is C19H26Cl3N3O3S. The third-order valence-corrected chi connectivity index (χ3v) is 4.87. The van der Waals surface area contributed by atoms with Gasteiger partial charge in [-0.15, -0.1) is 0 Å². The maximum absolute atomic E-state index is 12.2. The summed E-state index contributed by atoms with van der Waals surface area (Å²) >= 11 is 23.2. The van der Waals surface area contributed by atoms with E-state index in [0.717, 1.165) is 32.1 Å². The number of rotatable bonds is 10. The topological polar surface area (TPSA) is 79.5 Å². The van der Waals surface area contributed by atoms with Gasteiger partial charge in [0.1, 0.15) is 6.17 Å². The molecule has 1 amide bonds. The third-order valence-electron chi connectivity index (χ3n) is 4.00. The van der Waals surface area contributed by atoms with Gasteiger partial charge in [0.05, 0.1) is 18.4 Å². The summed E-state index contributed by atoms with van der Waals surface area (Å²) in [6.07, 6.45) is 4.37. The molecule has 0 bridgehead atoms. The van der Waals surface area contributed by atoms with Gasteiger partial charge in [-0.1, -0.05) is 79.5 Å². The Bertz CT molecular complexity index is 699. The Morgan fingerprint density at radius 2 is 1.76 bits per heavy atom. The van der Waals surface area contributed by atoms with Crippen molar-refractivity contribution in [2.24, 2.45) is 0 Å². The number of unbranched alkanes of at least 4 members (excludes halogenated alkanes) is 4. The van der Waals surface area contributed by atoms with Gasteiger partial charge in [-0.2, -0.15) is 0 Å². The van der Waals surface area contributed by atoms with Crippen molar-refractivity contribution in [3.8, 4) is 0 Å². The van der Waals surface area contributed by atoms with Crippen LogP contribution in [0, 0.1) is 0 Å². The lowest BCUT2D eigenvalue weighted by Gasteiger charge is -2.28. The van der Waals surface area contributed by atoms with Gasteiger partial charge in [0.15, 0.2) is 5.11 Å². The molecule has 0 aliphatic heterocycles. The Hall–Kier alpha value is -1.28. The SMILES string of the molecule is CCCCCCCC(=O)N[C@H](NC(=S)Nc1ccccc1C(=O)OC)C(Cl)(Cl)Cl. The number of nitrogens with one attached hydrogen (secondary N) is 3. The van der Waals surface area contributed by atoms with E-state index in [1.54, 1.807) is 24.3 Å². The summed E-state index contributed by atoms with van der Waals surface area (Å²) in [6.45, 7) is 2.13. The van der Waals surface area contributed by atoms with Crippen LogP contribution in [-0.2, 0) is 9.53 Å². The van der Waals surface area contributed by atoms with Crippen molar-refractivity contribution in [3.63, 3.8) is 0 Å². The predicted octanol–water partition coefficient (Wildman–Crippen LogP) is 4.93. The highest BCUT2D eigenvalue weighted by molar-refractivity contribution is 7.80. The molecule has 0 radical (unpaired) electrons. The van der Waals surface area contributed by atoms with Gasteiger partial charge < -0.3 is 20.7 Å². The van der Waals surface area contributed by atoms with E-state index in [1.807, 2.05) is 0 Å². The summed E-state index contributed by atoms with van der Waals surface area (Å²) in [5.74, 6) is -0.770. The van der Waals surface area contributed by atoms with Gasteiger partial charge in [0.2, 0.25) is 9.70 Å². The summed E-state index contributed by atoms with van der Waals surface area (Å²) in [7, 11) is 1.28. The number of para-hydroxylation sites is 1. The van der Waals surface area contributed by atoms with E-state index in [1.165, 1.54) is 7.11 Å². The van der Waals surface area contributed by atoms with Gasteiger partial charge in [-0.3, -0.25) is 4.79 Å². The molecule has 1 aromatic carbocycles. The van der Waals surface area contributed by atoms with E-state index < -0.39 is 15.9 Å². The van der Waals surface area contributed by atoms with Crippen molar-refractivity contribution in [1.82, 2.24) is 10.6 Å². The number of hydrogen-bond acceptors (Lipinski definition) is 4. The molecule has 0 heterocycles. The lowest BCUT2D eigenvalue weighted by atomic mass is 10.1. The second kappa shape index (κ2) is 13.1. The fourth-order valence-electron chi connectivity index (χ4n) is 2.49. The average molecular weight is 483 g/mol. The molecule has 1 rings (SSSR count). The minimum absolute atomic E-state index is 0.0703. The molecule has 10 heteroatoms. The molecule has 1 aromatic rings. The Morgan fingerprint density at radius 1 is 1.10 bits per heavy atom. The lowest BCUT2D eigenvalue weighted by molar-refractivity contribution is -0.122. The number of anilines is 1. The van der Waals surface area contributed by atoms with Crippen molar-refractivity contribution in [2.75, 3.05) is 12.4 Å². The number of amides is 1. The molecule has 0 spiro atoms. The number of alkyl halides is 3. The first-order valence-corrected chi connectivity index (χ1v) is 10.8. The number of carbonyl (C=O) groups is 2. The molecule has 162 valence electrons. The smallest absolute Gasteiger partial charge is 0.339 e. The zero-order valence-electron chi connectivity index (χ0n) is 16.4. The van der Waals surface area contributed by atoms with Gasteiger partial charge in [0.25, 0.3) is 0 Å². The van der Waals surface area contributed by atoms with Crippen molar-refractivity contribution in [1.29, 1.82) is 0 Å². The monoisotopic (exact) mass is 481 g/mol. The summed E-state index contributed by atoms with van der Waals surface area (Å²) in [6, 6.07) is 6.66. The van der Waals surface area contributed by atoms with Crippen LogP contribution in [0.3, 0.4) is 0 Å². The van der Waals surface area contributed by atoms with Crippen LogP contribution in [-0.4, -0.2) is 34.1 Å². The Morgan fingerprint density at radius 3 is 2.38 bits per heavy atom. The van der Waals surface area contributed by atoms with Crippen LogP contribution in [0.4, 0.5) is 5.69 Å². The number of carbonyl (C=O) groups excluding carboxylic acids is 2. The molecule has 0 unspecified atom stereocenters. The van der Waals surface area contributed by atoms with Crippen LogP contribution in [0.1, 0.15) is 55.8 Å². The molecular weight excluding hydrogens is 457 g/mol. The summed E-state index contributed by atoms with van der Waals surface area (Å²) in [5, 5.41) is 8.35. The van der Waals surface area contributed by atoms with Gasteiger partial charge in [0, 0.05) is 6.42 Å². The molecule has 0 saturated heterocycles. The predicted molar refractivity (Wildman–Crippen MR) is 123 cm³/mol. The Labute approximate surface area is 192 Å². The molecule has 0 aliphatic rings. The van der Waals surface area contributed by atoms with Crippen LogP contribution in [0.2, 0.25) is 0 Å². The van der Waals surface area contributed by atoms with Crippen molar-refractivity contribution in [3.05, 3.63) is 29.8 Å². The second-order valence-corrected chi connectivity index (χ2v) is 9.12. The highest BCUT2D eigenvalue weighted by Crippen LogP contribution is 2.29. The zero-order valence-corrected chi connectivity index (χ0v) is 19.5. The number of esters is 1. The average Bonchev–Trinajstić information content (AvgIpc) is 2.66. The van der Waals surface area contributed by atoms with E-state index in [4.69, 9.17) is 51.8 Å². The highest BCUT2D eigenvalue weighted by Gasteiger charge is 2.34. The maximum Gasteiger partial charge on any atom is 0.339 e. The number of benzene rings is 1. The maximum atomic E-state index is 12.2. The van der Waals surface area contributed by atoms with Gasteiger partial charge in [-0.05, 0) is 30.8 Å². The fraction of sp³-hybridized carbons (Fsp3) is 0.526. The molecule has 0 saturated carbocycles. The number of ether oxygens (including phenoxy) is 1. The molecule has 0 aliphatic carbocycles. The normalized spacial score (nSPS) is 12.0. The minimum Gasteiger partial charge on any atom is -0.465 e. The molecule has 29 heavy (non-hydrogen) atoms. The Kier molecular flexibility index (Phi) is 11.6. The molecule has 1 atom stereocenters. The minimum atomic E-state index is -1.84. The second-order valence-electron chi connectivity index (χ2n) is 6.34. The standard InChI is InChI=1S/C19H26Cl3N3O3S/c1-3-4-5-6-7-12-15(26)24-17(19(20,21)22)25-18(29)23-14-11-9-8-10-13(14)16(27)28-2/h8-11,17H,3-7,12H2,1-2H3,(H,24,26)(H2,23,25,29)/t17-/m1/s1. The first kappa shape index (κ1) is 25.8. The highest BCUT2D eigenvalue weighted by atomic mass is 35.6.